The maximum absolute atomic E-state index is 9.66. The largest absolute Gasteiger partial charge is 0.504 e. The van der Waals surface area contributed by atoms with E-state index in [-0.39, 0.29) is 11.5 Å². The summed E-state index contributed by atoms with van der Waals surface area (Å²) in [7, 11) is 0. The summed E-state index contributed by atoms with van der Waals surface area (Å²) in [4.78, 5) is 2.41. The SMILES string of the molecule is Oc1ccc(CNCCN2CCSCC2)c(O)c1O. The molecule has 19 heavy (non-hydrogen) atoms. The molecule has 0 spiro atoms. The van der Waals surface area contributed by atoms with Crippen molar-refractivity contribution in [2.75, 3.05) is 37.7 Å². The summed E-state index contributed by atoms with van der Waals surface area (Å²) in [6.45, 7) is 4.58. The van der Waals surface area contributed by atoms with E-state index in [0.717, 1.165) is 26.2 Å². The van der Waals surface area contributed by atoms with Crippen molar-refractivity contribution in [2.24, 2.45) is 0 Å². The molecule has 1 aliphatic rings. The number of nitrogens with zero attached hydrogens (tertiary/aromatic N) is 1. The van der Waals surface area contributed by atoms with Crippen LogP contribution in [-0.2, 0) is 6.54 Å². The highest BCUT2D eigenvalue weighted by Crippen LogP contribution is 2.36. The molecule has 106 valence electrons. The third-order valence-electron chi connectivity index (χ3n) is 3.24. The smallest absolute Gasteiger partial charge is 0.200 e. The Labute approximate surface area is 117 Å². The number of rotatable bonds is 5. The van der Waals surface area contributed by atoms with Crippen molar-refractivity contribution >= 4 is 11.8 Å². The van der Waals surface area contributed by atoms with Crippen molar-refractivity contribution in [1.82, 2.24) is 10.2 Å². The Balaban J connectivity index is 1.75. The normalized spacial score (nSPS) is 16.6. The number of hydrogen-bond acceptors (Lipinski definition) is 6. The number of nitrogens with one attached hydrogen (secondary N) is 1. The summed E-state index contributed by atoms with van der Waals surface area (Å²) in [5.74, 6) is 1.40. The first-order chi connectivity index (χ1) is 9.18. The van der Waals surface area contributed by atoms with E-state index >= 15 is 0 Å². The monoisotopic (exact) mass is 284 g/mol. The Morgan fingerprint density at radius 3 is 2.58 bits per heavy atom. The van der Waals surface area contributed by atoms with Gasteiger partial charge >= 0.3 is 0 Å². The molecule has 1 fully saturated rings. The fourth-order valence-corrected chi connectivity index (χ4v) is 3.02. The molecule has 1 saturated heterocycles. The van der Waals surface area contributed by atoms with Gasteiger partial charge in [0, 0.05) is 49.8 Å². The quantitative estimate of drug-likeness (QED) is 0.476. The molecule has 0 aromatic heterocycles. The highest BCUT2D eigenvalue weighted by atomic mass is 32.2. The minimum absolute atomic E-state index is 0.248. The molecular weight excluding hydrogens is 264 g/mol. The van der Waals surface area contributed by atoms with E-state index in [1.807, 2.05) is 11.8 Å². The number of hydrogen-bond donors (Lipinski definition) is 4. The van der Waals surface area contributed by atoms with E-state index < -0.39 is 5.75 Å². The van der Waals surface area contributed by atoms with Gasteiger partial charge in [-0.1, -0.05) is 6.07 Å². The molecule has 0 atom stereocenters. The predicted molar refractivity (Wildman–Crippen MR) is 76.9 cm³/mol. The van der Waals surface area contributed by atoms with Gasteiger partial charge in [-0.25, -0.2) is 0 Å². The van der Waals surface area contributed by atoms with Gasteiger partial charge in [0.15, 0.2) is 11.5 Å². The number of benzene rings is 1. The van der Waals surface area contributed by atoms with Crippen LogP contribution in [0.1, 0.15) is 5.56 Å². The third-order valence-corrected chi connectivity index (χ3v) is 4.18. The van der Waals surface area contributed by atoms with Crippen LogP contribution in [0.5, 0.6) is 17.2 Å². The topological polar surface area (TPSA) is 76.0 Å². The average Bonchev–Trinajstić information content (AvgIpc) is 2.44. The minimum Gasteiger partial charge on any atom is -0.504 e. The highest BCUT2D eigenvalue weighted by molar-refractivity contribution is 7.99. The van der Waals surface area contributed by atoms with Crippen molar-refractivity contribution in [2.45, 2.75) is 6.54 Å². The zero-order valence-electron chi connectivity index (χ0n) is 10.8. The molecule has 1 aromatic carbocycles. The highest BCUT2D eigenvalue weighted by Gasteiger charge is 2.11. The van der Waals surface area contributed by atoms with Crippen LogP contribution in [0.25, 0.3) is 0 Å². The van der Waals surface area contributed by atoms with Gasteiger partial charge in [0.2, 0.25) is 5.75 Å². The van der Waals surface area contributed by atoms with Crippen molar-refractivity contribution in [1.29, 1.82) is 0 Å². The van der Waals surface area contributed by atoms with Crippen molar-refractivity contribution < 1.29 is 15.3 Å². The van der Waals surface area contributed by atoms with E-state index in [4.69, 9.17) is 0 Å². The molecule has 2 rings (SSSR count). The van der Waals surface area contributed by atoms with Crippen LogP contribution in [0.15, 0.2) is 12.1 Å². The maximum Gasteiger partial charge on any atom is 0.200 e. The fraction of sp³-hybridized carbons (Fsp3) is 0.538. The van der Waals surface area contributed by atoms with Gasteiger partial charge in [-0.05, 0) is 6.07 Å². The second-order valence-corrected chi connectivity index (χ2v) is 5.80. The first-order valence-electron chi connectivity index (χ1n) is 6.42. The van der Waals surface area contributed by atoms with E-state index in [2.05, 4.69) is 10.2 Å². The van der Waals surface area contributed by atoms with Crippen molar-refractivity contribution in [3.8, 4) is 17.2 Å². The van der Waals surface area contributed by atoms with Gasteiger partial charge in [0.25, 0.3) is 0 Å². The zero-order chi connectivity index (χ0) is 13.7. The van der Waals surface area contributed by atoms with Crippen LogP contribution >= 0.6 is 11.8 Å². The van der Waals surface area contributed by atoms with Gasteiger partial charge in [-0.3, -0.25) is 0 Å². The summed E-state index contributed by atoms with van der Waals surface area (Å²) in [6.07, 6.45) is 0. The van der Waals surface area contributed by atoms with Crippen LogP contribution in [0.2, 0.25) is 0 Å². The number of aromatic hydroxyl groups is 3. The van der Waals surface area contributed by atoms with Crippen LogP contribution < -0.4 is 5.32 Å². The van der Waals surface area contributed by atoms with Crippen molar-refractivity contribution in [3.63, 3.8) is 0 Å². The number of phenolic OH excluding ortho intramolecular Hbond substituents is 3. The molecule has 0 unspecified atom stereocenters. The van der Waals surface area contributed by atoms with E-state index in [1.54, 1.807) is 6.07 Å². The standard InChI is InChI=1S/C13H20N2O3S/c16-11-2-1-10(12(17)13(11)18)9-14-3-4-15-5-7-19-8-6-15/h1-2,14,16-18H,3-9H2. The molecule has 0 bridgehead atoms. The van der Waals surface area contributed by atoms with Crippen molar-refractivity contribution in [3.05, 3.63) is 17.7 Å². The minimum atomic E-state index is -0.452. The van der Waals surface area contributed by atoms with E-state index in [1.165, 1.54) is 17.6 Å². The van der Waals surface area contributed by atoms with Crippen LogP contribution in [0.3, 0.4) is 0 Å². The Morgan fingerprint density at radius 2 is 1.84 bits per heavy atom. The maximum atomic E-state index is 9.66. The molecular formula is C13H20N2O3S. The summed E-state index contributed by atoms with van der Waals surface area (Å²) in [6, 6.07) is 2.99. The summed E-state index contributed by atoms with van der Waals surface area (Å²) >= 11 is 1.99. The average molecular weight is 284 g/mol. The molecule has 5 nitrogen and oxygen atoms in total. The van der Waals surface area contributed by atoms with Gasteiger partial charge in [0.05, 0.1) is 0 Å². The molecule has 6 heteroatoms. The van der Waals surface area contributed by atoms with E-state index in [0.29, 0.717) is 12.1 Å². The number of thioether (sulfide) groups is 1. The second-order valence-electron chi connectivity index (χ2n) is 4.57. The molecule has 0 saturated carbocycles. The molecule has 0 radical (unpaired) electrons. The molecule has 0 aliphatic carbocycles. The Kier molecular flexibility index (Phi) is 5.18. The van der Waals surface area contributed by atoms with Gasteiger partial charge in [-0.2, -0.15) is 11.8 Å². The zero-order valence-corrected chi connectivity index (χ0v) is 11.6. The summed E-state index contributed by atoms with van der Waals surface area (Å²) < 4.78 is 0. The fourth-order valence-electron chi connectivity index (χ4n) is 2.04. The molecule has 1 aromatic rings. The van der Waals surface area contributed by atoms with Gasteiger partial charge in [0.1, 0.15) is 0 Å². The van der Waals surface area contributed by atoms with Gasteiger partial charge in [-0.15, -0.1) is 0 Å². The Bertz CT molecular complexity index is 423. The summed E-state index contributed by atoms with van der Waals surface area (Å²) in [5, 5.41) is 31.5. The second kappa shape index (κ2) is 6.88. The molecule has 1 aliphatic heterocycles. The lowest BCUT2D eigenvalue weighted by Gasteiger charge is -2.26. The summed E-state index contributed by atoms with van der Waals surface area (Å²) in [5.41, 5.74) is 0.587. The molecule has 1 heterocycles. The predicted octanol–water partition coefficient (Wildman–Crippen LogP) is 0.942. The van der Waals surface area contributed by atoms with Gasteiger partial charge < -0.3 is 25.5 Å². The van der Waals surface area contributed by atoms with Crippen LogP contribution in [-0.4, -0.2) is 57.9 Å². The first kappa shape index (κ1) is 14.3. The lowest BCUT2D eigenvalue weighted by atomic mass is 10.1. The first-order valence-corrected chi connectivity index (χ1v) is 7.57. The molecule has 4 N–H and O–H groups in total. The lowest BCUT2D eigenvalue weighted by Crippen LogP contribution is -2.37. The Morgan fingerprint density at radius 1 is 1.11 bits per heavy atom. The Hall–Kier alpha value is -1.11. The molecule has 0 amide bonds. The number of phenols is 3. The lowest BCUT2D eigenvalue weighted by molar-refractivity contribution is 0.300. The van der Waals surface area contributed by atoms with E-state index in [9.17, 15) is 15.3 Å². The van der Waals surface area contributed by atoms with Crippen LogP contribution in [0.4, 0.5) is 0 Å². The van der Waals surface area contributed by atoms with Crippen LogP contribution in [0, 0.1) is 0 Å². The third kappa shape index (κ3) is 3.92.